The van der Waals surface area contributed by atoms with Crippen LogP contribution in [0.5, 0.6) is 0 Å². The third-order valence-electron chi connectivity index (χ3n) is 5.92. The van der Waals surface area contributed by atoms with Gasteiger partial charge in [-0.3, -0.25) is 4.79 Å². The van der Waals surface area contributed by atoms with Crippen LogP contribution in [0.1, 0.15) is 31.1 Å². The number of benzene rings is 2. The maximum Gasteiger partial charge on any atom is 0.235 e. The molecule has 0 N–H and O–H groups in total. The third-order valence-corrected chi connectivity index (χ3v) is 5.92. The first kappa shape index (κ1) is 22.1. The number of methoxy groups -OCH3 is 3. The molecule has 0 amide bonds. The molecule has 2 aromatic rings. The van der Waals surface area contributed by atoms with E-state index in [1.165, 1.54) is 14.2 Å². The molecule has 0 heterocycles. The summed E-state index contributed by atoms with van der Waals surface area (Å²) < 4.78 is 23.7. The van der Waals surface area contributed by atoms with E-state index < -0.39 is 5.79 Å². The van der Waals surface area contributed by atoms with E-state index in [1.54, 1.807) is 7.11 Å². The van der Waals surface area contributed by atoms with E-state index in [0.717, 1.165) is 11.1 Å². The molecule has 0 fully saturated rings. The number of ether oxygens (including phenoxy) is 4. The van der Waals surface area contributed by atoms with Crippen molar-refractivity contribution in [3.63, 3.8) is 0 Å². The highest BCUT2D eigenvalue weighted by Gasteiger charge is 2.56. The maximum absolute atomic E-state index is 13.3. The highest BCUT2D eigenvalue weighted by Crippen LogP contribution is 2.46. The molecule has 0 saturated heterocycles. The number of Topliss-reactive ketones (excluding diaryl/α,β-unsaturated/α-hetero) is 1. The average Bonchev–Trinajstić information content (AvgIpc) is 2.79. The highest BCUT2D eigenvalue weighted by atomic mass is 16.7. The fourth-order valence-electron chi connectivity index (χ4n) is 4.25. The molecule has 1 aliphatic rings. The maximum atomic E-state index is 13.3. The zero-order chi connectivity index (χ0) is 21.7. The van der Waals surface area contributed by atoms with Gasteiger partial charge in [-0.1, -0.05) is 67.6 Å². The van der Waals surface area contributed by atoms with Gasteiger partial charge < -0.3 is 18.9 Å². The van der Waals surface area contributed by atoms with E-state index in [1.807, 2.05) is 74.5 Å². The first-order chi connectivity index (χ1) is 14.5. The lowest BCUT2D eigenvalue weighted by atomic mass is 9.74. The molecule has 0 spiro atoms. The van der Waals surface area contributed by atoms with Gasteiger partial charge in [0.05, 0.1) is 20.3 Å². The van der Waals surface area contributed by atoms with Crippen LogP contribution < -0.4 is 0 Å². The normalized spacial score (nSPS) is 25.2. The Labute approximate surface area is 178 Å². The van der Waals surface area contributed by atoms with Crippen molar-refractivity contribution in [3.05, 3.63) is 83.3 Å². The largest absolute Gasteiger partial charge is 0.492 e. The van der Waals surface area contributed by atoms with E-state index in [4.69, 9.17) is 18.9 Å². The van der Waals surface area contributed by atoms with Crippen LogP contribution in [-0.4, -0.2) is 32.9 Å². The van der Waals surface area contributed by atoms with Crippen LogP contribution >= 0.6 is 0 Å². The minimum Gasteiger partial charge on any atom is -0.492 e. The number of rotatable bonds is 8. The summed E-state index contributed by atoms with van der Waals surface area (Å²) in [5.41, 5.74) is 2.08. The Hall–Kier alpha value is -2.63. The lowest BCUT2D eigenvalue weighted by molar-refractivity contribution is -0.276. The first-order valence-electron chi connectivity index (χ1n) is 10.2. The lowest BCUT2D eigenvalue weighted by Gasteiger charge is -2.46. The van der Waals surface area contributed by atoms with E-state index in [0.29, 0.717) is 6.42 Å². The molecule has 5 heteroatoms. The van der Waals surface area contributed by atoms with Gasteiger partial charge >= 0.3 is 0 Å². The summed E-state index contributed by atoms with van der Waals surface area (Å²) in [6, 6.07) is 19.8. The summed E-state index contributed by atoms with van der Waals surface area (Å²) in [4.78, 5) is 13.3. The zero-order valence-electron chi connectivity index (χ0n) is 18.3. The SMILES string of the molecule is COC1=C(OC)C(OC)(O[C@H](C)c2ccccc2)C(C)C(Cc2ccccc2)C1=O. The number of carbonyl (C=O) groups is 1. The van der Waals surface area contributed by atoms with Gasteiger partial charge in [0, 0.05) is 18.9 Å². The molecule has 0 saturated carbocycles. The summed E-state index contributed by atoms with van der Waals surface area (Å²) in [6.45, 7) is 3.93. The summed E-state index contributed by atoms with van der Waals surface area (Å²) in [5.74, 6) is -1.63. The molecule has 4 atom stereocenters. The second-order valence-corrected chi connectivity index (χ2v) is 7.56. The van der Waals surface area contributed by atoms with Gasteiger partial charge in [0.1, 0.15) is 0 Å². The third kappa shape index (κ3) is 4.00. The van der Waals surface area contributed by atoms with Crippen LogP contribution in [0.4, 0.5) is 0 Å². The smallest absolute Gasteiger partial charge is 0.235 e. The van der Waals surface area contributed by atoms with Gasteiger partial charge in [0.15, 0.2) is 0 Å². The minimum absolute atomic E-state index is 0.102. The van der Waals surface area contributed by atoms with Crippen molar-refractivity contribution in [1.29, 1.82) is 0 Å². The summed E-state index contributed by atoms with van der Waals surface area (Å²) in [7, 11) is 4.56. The zero-order valence-corrected chi connectivity index (χ0v) is 18.3. The number of hydrogen-bond acceptors (Lipinski definition) is 5. The second kappa shape index (κ2) is 9.45. The summed E-state index contributed by atoms with van der Waals surface area (Å²) >= 11 is 0. The van der Waals surface area contributed by atoms with Crippen molar-refractivity contribution < 1.29 is 23.7 Å². The Morgan fingerprint density at radius 1 is 0.933 bits per heavy atom. The van der Waals surface area contributed by atoms with Crippen LogP contribution in [0.15, 0.2) is 72.2 Å². The highest BCUT2D eigenvalue weighted by molar-refractivity contribution is 5.97. The van der Waals surface area contributed by atoms with Gasteiger partial charge in [0.25, 0.3) is 0 Å². The van der Waals surface area contributed by atoms with Crippen molar-refractivity contribution in [2.45, 2.75) is 32.2 Å². The van der Waals surface area contributed by atoms with Gasteiger partial charge in [-0.25, -0.2) is 0 Å². The average molecular weight is 411 g/mol. The minimum atomic E-state index is -1.26. The molecule has 0 aromatic heterocycles. The molecular weight excluding hydrogens is 380 g/mol. The van der Waals surface area contributed by atoms with Gasteiger partial charge in [0.2, 0.25) is 23.1 Å². The van der Waals surface area contributed by atoms with E-state index in [2.05, 4.69) is 0 Å². The molecule has 30 heavy (non-hydrogen) atoms. The van der Waals surface area contributed by atoms with E-state index in [-0.39, 0.29) is 35.2 Å². The van der Waals surface area contributed by atoms with Crippen molar-refractivity contribution in [2.24, 2.45) is 11.8 Å². The van der Waals surface area contributed by atoms with E-state index >= 15 is 0 Å². The van der Waals surface area contributed by atoms with Gasteiger partial charge in [-0.15, -0.1) is 0 Å². The predicted octanol–water partition coefficient (Wildman–Crippen LogP) is 4.69. The van der Waals surface area contributed by atoms with Crippen LogP contribution in [0.25, 0.3) is 0 Å². The Morgan fingerprint density at radius 2 is 1.53 bits per heavy atom. The Balaban J connectivity index is 2.05. The topological polar surface area (TPSA) is 54.0 Å². The Morgan fingerprint density at radius 3 is 2.07 bits per heavy atom. The Bertz CT molecular complexity index is 877. The lowest BCUT2D eigenvalue weighted by Crippen LogP contribution is -2.54. The quantitative estimate of drug-likeness (QED) is 0.591. The molecule has 0 bridgehead atoms. The van der Waals surface area contributed by atoms with Gasteiger partial charge in [-0.2, -0.15) is 0 Å². The number of ketones is 1. The molecule has 3 unspecified atom stereocenters. The fraction of sp³-hybridized carbons (Fsp3) is 0.400. The summed E-state index contributed by atoms with van der Waals surface area (Å²) in [5, 5.41) is 0. The molecule has 3 rings (SSSR count). The number of hydrogen-bond donors (Lipinski definition) is 0. The second-order valence-electron chi connectivity index (χ2n) is 7.56. The molecule has 5 nitrogen and oxygen atoms in total. The van der Waals surface area contributed by atoms with Crippen LogP contribution in [0, 0.1) is 11.8 Å². The number of carbonyl (C=O) groups excluding carboxylic acids is 1. The van der Waals surface area contributed by atoms with Gasteiger partial charge in [-0.05, 0) is 24.5 Å². The predicted molar refractivity (Wildman–Crippen MR) is 115 cm³/mol. The van der Waals surface area contributed by atoms with Crippen molar-refractivity contribution in [2.75, 3.05) is 21.3 Å². The Kier molecular flexibility index (Phi) is 6.95. The molecule has 160 valence electrons. The number of allylic oxidation sites excluding steroid dienone is 1. The summed E-state index contributed by atoms with van der Waals surface area (Å²) in [6.07, 6.45) is 0.265. The van der Waals surface area contributed by atoms with Crippen molar-refractivity contribution in [3.8, 4) is 0 Å². The molecule has 2 aromatic carbocycles. The first-order valence-corrected chi connectivity index (χ1v) is 10.2. The van der Waals surface area contributed by atoms with Crippen LogP contribution in [-0.2, 0) is 30.2 Å². The van der Waals surface area contributed by atoms with Crippen LogP contribution in [0.3, 0.4) is 0 Å². The van der Waals surface area contributed by atoms with E-state index in [9.17, 15) is 4.79 Å². The fourth-order valence-corrected chi connectivity index (χ4v) is 4.25. The monoisotopic (exact) mass is 410 g/mol. The van der Waals surface area contributed by atoms with Crippen LogP contribution in [0.2, 0.25) is 0 Å². The van der Waals surface area contributed by atoms with Crippen molar-refractivity contribution >= 4 is 5.78 Å². The molecule has 1 aliphatic carbocycles. The molecular formula is C25H30O5. The standard InChI is InChI=1S/C25H30O5/c1-17-21(16-19-12-8-6-9-13-19)22(26)23(27-3)24(28-4)25(17,29-5)30-18(2)20-14-10-7-11-15-20/h6-15,17-18,21H,16H2,1-5H3/t17?,18-,21?,25?/m1/s1. The van der Waals surface area contributed by atoms with Crippen molar-refractivity contribution in [1.82, 2.24) is 0 Å². The molecule has 0 radical (unpaired) electrons. The molecule has 0 aliphatic heterocycles.